The van der Waals surface area contributed by atoms with Gasteiger partial charge in [0.1, 0.15) is 11.8 Å². The van der Waals surface area contributed by atoms with E-state index in [1.54, 1.807) is 26.0 Å². The number of hydrogen-bond acceptors (Lipinski definition) is 3. The van der Waals surface area contributed by atoms with Gasteiger partial charge in [0, 0.05) is 0 Å². The Balaban J connectivity index is 2.36. The zero-order valence-corrected chi connectivity index (χ0v) is 11.8. The Labute approximate surface area is 118 Å². The van der Waals surface area contributed by atoms with Crippen LogP contribution >= 0.6 is 0 Å². The molecule has 0 saturated carbocycles. The van der Waals surface area contributed by atoms with Gasteiger partial charge in [0.15, 0.2) is 6.73 Å². The Morgan fingerprint density at radius 2 is 1.85 bits per heavy atom. The molecule has 1 unspecified atom stereocenters. The van der Waals surface area contributed by atoms with Crippen LogP contribution in [-0.4, -0.2) is 29.9 Å². The van der Waals surface area contributed by atoms with Crippen molar-refractivity contribution < 1.29 is 19.4 Å². The van der Waals surface area contributed by atoms with Gasteiger partial charge in [-0.2, -0.15) is 0 Å². The predicted molar refractivity (Wildman–Crippen MR) is 74.6 cm³/mol. The molecule has 0 bridgehead atoms. The molecule has 1 atom stereocenters. The lowest BCUT2D eigenvalue weighted by atomic mass is 10.1. The van der Waals surface area contributed by atoms with Crippen LogP contribution < -0.4 is 15.4 Å². The van der Waals surface area contributed by atoms with Crippen molar-refractivity contribution in [3.8, 4) is 5.75 Å². The van der Waals surface area contributed by atoms with Gasteiger partial charge in [-0.05, 0) is 25.0 Å². The van der Waals surface area contributed by atoms with Crippen molar-refractivity contribution in [3.05, 3.63) is 29.8 Å². The Kier molecular flexibility index (Phi) is 5.83. The third-order valence-electron chi connectivity index (χ3n) is 2.71. The molecule has 110 valence electrons. The number of nitrogens with one attached hydrogen (secondary N) is 2. The van der Waals surface area contributed by atoms with Crippen LogP contribution in [0.1, 0.15) is 19.4 Å². The van der Waals surface area contributed by atoms with Gasteiger partial charge in [0.25, 0.3) is 0 Å². The Bertz CT molecular complexity index is 457. The van der Waals surface area contributed by atoms with E-state index in [1.807, 2.05) is 19.1 Å². The Hall–Kier alpha value is -2.24. The van der Waals surface area contributed by atoms with E-state index in [1.165, 1.54) is 0 Å². The fourth-order valence-electron chi connectivity index (χ4n) is 1.53. The number of benzene rings is 1. The van der Waals surface area contributed by atoms with Gasteiger partial charge >= 0.3 is 12.0 Å². The van der Waals surface area contributed by atoms with Crippen molar-refractivity contribution in [2.75, 3.05) is 6.73 Å². The molecule has 1 aromatic rings. The smallest absolute Gasteiger partial charge is 0.326 e. The molecule has 0 heterocycles. The molecule has 0 aliphatic heterocycles. The van der Waals surface area contributed by atoms with Crippen LogP contribution in [-0.2, 0) is 4.79 Å². The maximum Gasteiger partial charge on any atom is 0.326 e. The fraction of sp³-hybridized carbons (Fsp3) is 0.429. The molecular formula is C14H20N2O4. The van der Waals surface area contributed by atoms with Crippen LogP contribution in [0.4, 0.5) is 4.79 Å². The summed E-state index contributed by atoms with van der Waals surface area (Å²) in [4.78, 5) is 22.5. The summed E-state index contributed by atoms with van der Waals surface area (Å²) in [6.07, 6.45) is 0. The van der Waals surface area contributed by atoms with Crippen LogP contribution in [0.25, 0.3) is 0 Å². The van der Waals surface area contributed by atoms with E-state index >= 15 is 0 Å². The van der Waals surface area contributed by atoms with Crippen molar-refractivity contribution in [1.82, 2.24) is 10.6 Å². The summed E-state index contributed by atoms with van der Waals surface area (Å²) < 4.78 is 5.31. The van der Waals surface area contributed by atoms with E-state index in [2.05, 4.69) is 10.6 Å². The highest BCUT2D eigenvalue weighted by Gasteiger charge is 2.23. The van der Waals surface area contributed by atoms with Crippen LogP contribution in [0, 0.1) is 12.8 Å². The standard InChI is InChI=1S/C14H20N2O4/c1-9(2)12(13(17)18)16-14(19)15-8-20-11-6-4-10(3)5-7-11/h4-7,9,12H,8H2,1-3H3,(H,17,18)(H2,15,16,19). The number of aryl methyl sites for hydroxylation is 1. The van der Waals surface area contributed by atoms with Crippen LogP contribution in [0.3, 0.4) is 0 Å². The van der Waals surface area contributed by atoms with Crippen molar-refractivity contribution in [1.29, 1.82) is 0 Å². The molecule has 2 amide bonds. The molecule has 1 rings (SSSR count). The van der Waals surface area contributed by atoms with Gasteiger partial charge in [-0.3, -0.25) is 0 Å². The van der Waals surface area contributed by atoms with Crippen molar-refractivity contribution >= 4 is 12.0 Å². The number of carboxylic acid groups (broad SMARTS) is 1. The number of hydrogen-bond donors (Lipinski definition) is 3. The average molecular weight is 280 g/mol. The maximum atomic E-state index is 11.5. The second-order valence-electron chi connectivity index (χ2n) is 4.81. The van der Waals surface area contributed by atoms with Crippen molar-refractivity contribution in [2.45, 2.75) is 26.8 Å². The molecule has 1 aromatic carbocycles. The van der Waals surface area contributed by atoms with Crippen molar-refractivity contribution in [2.24, 2.45) is 5.92 Å². The minimum atomic E-state index is -1.06. The van der Waals surface area contributed by atoms with Gasteiger partial charge in [-0.25, -0.2) is 9.59 Å². The van der Waals surface area contributed by atoms with Gasteiger partial charge < -0.3 is 20.5 Å². The molecule has 0 saturated heterocycles. The fourth-order valence-corrected chi connectivity index (χ4v) is 1.53. The van der Waals surface area contributed by atoms with E-state index in [9.17, 15) is 9.59 Å². The van der Waals surface area contributed by atoms with Crippen LogP contribution in [0.5, 0.6) is 5.75 Å². The molecule has 3 N–H and O–H groups in total. The molecule has 6 heteroatoms. The summed E-state index contributed by atoms with van der Waals surface area (Å²) in [6, 6.07) is 5.89. The molecule has 0 aromatic heterocycles. The van der Waals surface area contributed by atoms with E-state index in [0.717, 1.165) is 5.56 Å². The van der Waals surface area contributed by atoms with Crippen molar-refractivity contribution in [3.63, 3.8) is 0 Å². The highest BCUT2D eigenvalue weighted by Crippen LogP contribution is 2.10. The summed E-state index contributed by atoms with van der Waals surface area (Å²) in [6.45, 7) is 5.39. The molecule has 0 spiro atoms. The first-order valence-corrected chi connectivity index (χ1v) is 6.36. The van der Waals surface area contributed by atoms with E-state index in [-0.39, 0.29) is 12.6 Å². The number of aliphatic carboxylic acids is 1. The number of amides is 2. The lowest BCUT2D eigenvalue weighted by Gasteiger charge is -2.18. The average Bonchev–Trinajstić information content (AvgIpc) is 2.37. The largest absolute Gasteiger partial charge is 0.480 e. The third kappa shape index (κ3) is 5.17. The second-order valence-corrected chi connectivity index (χ2v) is 4.81. The minimum absolute atomic E-state index is 0.0284. The van der Waals surface area contributed by atoms with E-state index in [0.29, 0.717) is 5.75 Å². The quantitative estimate of drug-likeness (QED) is 0.693. The molecule has 6 nitrogen and oxygen atoms in total. The van der Waals surface area contributed by atoms with E-state index in [4.69, 9.17) is 9.84 Å². The first kappa shape index (κ1) is 15.8. The topological polar surface area (TPSA) is 87.7 Å². The predicted octanol–water partition coefficient (Wildman–Crippen LogP) is 1.74. The number of carbonyl (C=O) groups is 2. The summed E-state index contributed by atoms with van der Waals surface area (Å²) in [5, 5.41) is 13.8. The molecule has 0 fully saturated rings. The number of urea groups is 1. The second kappa shape index (κ2) is 7.37. The lowest BCUT2D eigenvalue weighted by Crippen LogP contribution is -2.49. The number of rotatable bonds is 6. The first-order valence-electron chi connectivity index (χ1n) is 6.36. The van der Waals surface area contributed by atoms with Crippen LogP contribution in [0.15, 0.2) is 24.3 Å². The summed E-state index contributed by atoms with van der Waals surface area (Å²) in [7, 11) is 0. The van der Waals surface area contributed by atoms with Gasteiger partial charge in [0.05, 0.1) is 0 Å². The molecule has 20 heavy (non-hydrogen) atoms. The lowest BCUT2D eigenvalue weighted by molar-refractivity contribution is -0.140. The zero-order valence-electron chi connectivity index (χ0n) is 11.8. The normalized spacial score (nSPS) is 11.8. The minimum Gasteiger partial charge on any atom is -0.480 e. The van der Waals surface area contributed by atoms with E-state index < -0.39 is 18.0 Å². The SMILES string of the molecule is Cc1ccc(OCNC(=O)NC(C(=O)O)C(C)C)cc1. The first-order chi connectivity index (χ1) is 9.40. The van der Waals surface area contributed by atoms with Gasteiger partial charge in [-0.1, -0.05) is 31.5 Å². The highest BCUT2D eigenvalue weighted by molar-refractivity contribution is 5.82. The number of carbonyl (C=O) groups excluding carboxylic acids is 1. The van der Waals surface area contributed by atoms with Gasteiger partial charge in [0.2, 0.25) is 0 Å². The van der Waals surface area contributed by atoms with Crippen LogP contribution in [0.2, 0.25) is 0 Å². The summed E-state index contributed by atoms with van der Waals surface area (Å²) in [5.74, 6) is -0.625. The summed E-state index contributed by atoms with van der Waals surface area (Å²) in [5.41, 5.74) is 1.12. The molecular weight excluding hydrogens is 260 g/mol. The third-order valence-corrected chi connectivity index (χ3v) is 2.71. The monoisotopic (exact) mass is 280 g/mol. The zero-order chi connectivity index (χ0) is 15.1. The highest BCUT2D eigenvalue weighted by atomic mass is 16.5. The molecule has 0 aliphatic carbocycles. The van der Waals surface area contributed by atoms with Gasteiger partial charge in [-0.15, -0.1) is 0 Å². The summed E-state index contributed by atoms with van der Waals surface area (Å²) >= 11 is 0. The molecule has 0 radical (unpaired) electrons. The Morgan fingerprint density at radius 1 is 1.25 bits per heavy atom. The number of carboxylic acids is 1. The maximum absolute atomic E-state index is 11.5. The molecule has 0 aliphatic rings. The Morgan fingerprint density at radius 3 is 2.35 bits per heavy atom. The number of ether oxygens (including phenoxy) is 1.